The van der Waals surface area contributed by atoms with Gasteiger partial charge in [-0.3, -0.25) is 9.59 Å². The molecule has 2 fully saturated rings. The molecular weight excluding hydrogens is 352 g/mol. The summed E-state index contributed by atoms with van der Waals surface area (Å²) in [6.07, 6.45) is 2.46. The van der Waals surface area contributed by atoms with Gasteiger partial charge in [0.1, 0.15) is 17.2 Å². The van der Waals surface area contributed by atoms with Crippen molar-refractivity contribution in [1.29, 1.82) is 0 Å². The highest BCUT2D eigenvalue weighted by Gasteiger charge is 2.28. The van der Waals surface area contributed by atoms with Gasteiger partial charge in [0.2, 0.25) is 5.91 Å². The lowest BCUT2D eigenvalue weighted by molar-refractivity contribution is -0.131. The highest BCUT2D eigenvalue weighted by atomic mass is 35.5. The zero-order valence-corrected chi connectivity index (χ0v) is 14.7. The van der Waals surface area contributed by atoms with E-state index in [-0.39, 0.29) is 31.4 Å². The minimum Gasteiger partial charge on any atom is -0.338 e. The molecule has 138 valence electrons. The fourth-order valence-electron chi connectivity index (χ4n) is 2.84. The van der Waals surface area contributed by atoms with E-state index in [0.717, 1.165) is 18.7 Å². The number of piperazine rings is 1. The zero-order chi connectivity index (χ0) is 17.1. The van der Waals surface area contributed by atoms with Gasteiger partial charge >= 0.3 is 0 Å². The lowest BCUT2D eigenvalue weighted by Crippen LogP contribution is -2.52. The van der Waals surface area contributed by atoms with Gasteiger partial charge in [-0.1, -0.05) is 6.07 Å². The second kappa shape index (κ2) is 8.58. The molecule has 0 unspecified atom stereocenters. The van der Waals surface area contributed by atoms with Crippen molar-refractivity contribution in [3.8, 4) is 0 Å². The molecule has 0 atom stereocenters. The largest absolute Gasteiger partial charge is 0.338 e. The van der Waals surface area contributed by atoms with Gasteiger partial charge in [-0.15, -0.1) is 12.4 Å². The van der Waals surface area contributed by atoms with E-state index in [2.05, 4.69) is 5.32 Å². The van der Waals surface area contributed by atoms with Crippen LogP contribution in [0.1, 0.15) is 23.2 Å². The van der Waals surface area contributed by atoms with Crippen LogP contribution >= 0.6 is 12.4 Å². The van der Waals surface area contributed by atoms with Gasteiger partial charge in [-0.2, -0.15) is 0 Å². The van der Waals surface area contributed by atoms with E-state index >= 15 is 0 Å². The smallest absolute Gasteiger partial charge is 0.259 e. The molecule has 2 aliphatic rings. The van der Waals surface area contributed by atoms with Gasteiger partial charge in [0.25, 0.3) is 5.91 Å². The van der Waals surface area contributed by atoms with Crippen molar-refractivity contribution in [2.45, 2.75) is 12.8 Å². The number of carbonyl (C=O) groups is 2. The molecule has 25 heavy (non-hydrogen) atoms. The number of rotatable bonds is 5. The summed E-state index contributed by atoms with van der Waals surface area (Å²) in [6, 6.07) is 3.37. The maximum absolute atomic E-state index is 13.7. The first-order valence-corrected chi connectivity index (χ1v) is 8.28. The van der Waals surface area contributed by atoms with Crippen LogP contribution in [0.15, 0.2) is 18.2 Å². The maximum atomic E-state index is 13.7. The number of benzene rings is 1. The summed E-state index contributed by atoms with van der Waals surface area (Å²) < 4.78 is 27.4. The molecule has 1 aromatic rings. The number of amides is 2. The lowest BCUT2D eigenvalue weighted by Gasteiger charge is -2.35. The summed E-state index contributed by atoms with van der Waals surface area (Å²) >= 11 is 0. The van der Waals surface area contributed by atoms with Gasteiger partial charge in [-0.25, -0.2) is 8.78 Å². The first-order valence-electron chi connectivity index (χ1n) is 8.28. The fourth-order valence-corrected chi connectivity index (χ4v) is 2.84. The van der Waals surface area contributed by atoms with Crippen molar-refractivity contribution < 1.29 is 18.4 Å². The Balaban J connectivity index is 0.00000225. The molecule has 0 spiro atoms. The van der Waals surface area contributed by atoms with Crippen LogP contribution in [-0.2, 0) is 4.79 Å². The molecule has 3 rings (SSSR count). The fraction of sp³-hybridized carbons (Fsp3) is 0.529. The van der Waals surface area contributed by atoms with Crippen LogP contribution < -0.4 is 5.32 Å². The van der Waals surface area contributed by atoms with Crippen LogP contribution in [0.2, 0.25) is 0 Å². The normalized spacial score (nSPS) is 17.2. The summed E-state index contributed by atoms with van der Waals surface area (Å²) in [6.45, 7) is 2.49. The van der Waals surface area contributed by atoms with Crippen LogP contribution in [-0.4, -0.2) is 60.9 Å². The van der Waals surface area contributed by atoms with E-state index in [4.69, 9.17) is 0 Å². The van der Waals surface area contributed by atoms with Gasteiger partial charge in [-0.05, 0) is 37.4 Å². The van der Waals surface area contributed by atoms with E-state index in [1.54, 1.807) is 4.90 Å². The summed E-state index contributed by atoms with van der Waals surface area (Å²) in [5.41, 5.74) is -0.525. The summed E-state index contributed by atoms with van der Waals surface area (Å²) in [5, 5.41) is 3.15. The number of hydrogen-bond acceptors (Lipinski definition) is 3. The number of nitrogens with zero attached hydrogens (tertiary/aromatic N) is 2. The second-order valence-electron chi connectivity index (χ2n) is 6.34. The maximum Gasteiger partial charge on any atom is 0.259 e. The minimum absolute atomic E-state index is 0. The predicted octanol–water partition coefficient (Wildman–Crippen LogP) is 1.67. The van der Waals surface area contributed by atoms with Crippen LogP contribution in [0.25, 0.3) is 0 Å². The number of hydrogen-bond donors (Lipinski definition) is 1. The SMILES string of the molecule is Cl.O=C(CNCC1CC1)N1CCN(C(=O)c2c(F)cccc2F)CC1. The molecule has 8 heteroatoms. The van der Waals surface area contributed by atoms with Gasteiger partial charge < -0.3 is 15.1 Å². The molecule has 1 aromatic carbocycles. The third-order valence-electron chi connectivity index (χ3n) is 4.50. The lowest BCUT2D eigenvalue weighted by atomic mass is 10.1. The van der Waals surface area contributed by atoms with Crippen molar-refractivity contribution in [2.24, 2.45) is 5.92 Å². The minimum atomic E-state index is -0.859. The Morgan fingerprint density at radius 2 is 1.60 bits per heavy atom. The summed E-state index contributed by atoms with van der Waals surface area (Å²) in [5.74, 6) is -1.67. The Labute approximate surface area is 151 Å². The van der Waals surface area contributed by atoms with E-state index < -0.39 is 23.1 Å². The monoisotopic (exact) mass is 373 g/mol. The van der Waals surface area contributed by atoms with Crippen LogP contribution in [0, 0.1) is 17.6 Å². The first kappa shape index (κ1) is 19.6. The second-order valence-corrected chi connectivity index (χ2v) is 6.34. The standard InChI is InChI=1S/C17H21F2N3O2.ClH/c18-13-2-1-3-14(19)16(13)17(24)22-8-6-21(7-9-22)15(23)11-20-10-12-4-5-12;/h1-3,12,20H,4-11H2;1H. The number of halogens is 3. The molecular formula is C17H22ClF2N3O2. The summed E-state index contributed by atoms with van der Waals surface area (Å²) in [7, 11) is 0. The quantitative estimate of drug-likeness (QED) is 0.854. The molecule has 1 saturated carbocycles. The van der Waals surface area contributed by atoms with E-state index in [1.807, 2.05) is 0 Å². The summed E-state index contributed by atoms with van der Waals surface area (Å²) in [4.78, 5) is 27.5. The molecule has 1 saturated heterocycles. The molecule has 1 heterocycles. The Morgan fingerprint density at radius 3 is 2.16 bits per heavy atom. The molecule has 1 aliphatic heterocycles. The average molecular weight is 374 g/mol. The third-order valence-corrected chi connectivity index (χ3v) is 4.50. The number of carbonyl (C=O) groups excluding carboxylic acids is 2. The van der Waals surface area contributed by atoms with E-state index in [9.17, 15) is 18.4 Å². The van der Waals surface area contributed by atoms with Gasteiger partial charge in [0.15, 0.2) is 0 Å². The molecule has 0 aromatic heterocycles. The first-order chi connectivity index (χ1) is 11.6. The van der Waals surface area contributed by atoms with Crippen LogP contribution in [0.4, 0.5) is 8.78 Å². The van der Waals surface area contributed by atoms with Crippen molar-refractivity contribution >= 4 is 24.2 Å². The van der Waals surface area contributed by atoms with Gasteiger partial charge in [0, 0.05) is 26.2 Å². The van der Waals surface area contributed by atoms with E-state index in [1.165, 1.54) is 23.8 Å². The Hall–Kier alpha value is -1.73. The molecule has 0 bridgehead atoms. The van der Waals surface area contributed by atoms with Gasteiger partial charge in [0.05, 0.1) is 6.54 Å². The topological polar surface area (TPSA) is 52.7 Å². The molecule has 0 radical (unpaired) electrons. The average Bonchev–Trinajstić information content (AvgIpc) is 3.39. The van der Waals surface area contributed by atoms with Crippen molar-refractivity contribution in [1.82, 2.24) is 15.1 Å². The van der Waals surface area contributed by atoms with Crippen molar-refractivity contribution in [3.63, 3.8) is 0 Å². The Bertz CT molecular complexity index is 612. The predicted molar refractivity (Wildman–Crippen MR) is 91.7 cm³/mol. The van der Waals surface area contributed by atoms with E-state index in [0.29, 0.717) is 25.6 Å². The highest BCUT2D eigenvalue weighted by molar-refractivity contribution is 5.95. The van der Waals surface area contributed by atoms with Crippen LogP contribution in [0.3, 0.4) is 0 Å². The highest BCUT2D eigenvalue weighted by Crippen LogP contribution is 2.27. The molecule has 1 aliphatic carbocycles. The molecule has 5 nitrogen and oxygen atoms in total. The Kier molecular flexibility index (Phi) is 6.72. The van der Waals surface area contributed by atoms with Crippen molar-refractivity contribution in [2.75, 3.05) is 39.3 Å². The van der Waals surface area contributed by atoms with Crippen molar-refractivity contribution in [3.05, 3.63) is 35.4 Å². The molecule has 1 N–H and O–H groups in total. The molecule has 2 amide bonds. The third kappa shape index (κ3) is 4.89. The Morgan fingerprint density at radius 1 is 1.04 bits per heavy atom. The van der Waals surface area contributed by atoms with Crippen LogP contribution in [0.5, 0.6) is 0 Å². The number of nitrogens with one attached hydrogen (secondary N) is 1. The zero-order valence-electron chi connectivity index (χ0n) is 13.8.